The van der Waals surface area contributed by atoms with Gasteiger partial charge in [0, 0.05) is 10.2 Å². The van der Waals surface area contributed by atoms with E-state index in [9.17, 15) is 0 Å². The first-order valence-corrected chi connectivity index (χ1v) is 5.96. The summed E-state index contributed by atoms with van der Waals surface area (Å²) in [6.45, 7) is 0.480. The van der Waals surface area contributed by atoms with E-state index in [1.807, 2.05) is 35.2 Å². The van der Waals surface area contributed by atoms with Crippen LogP contribution in [-0.4, -0.2) is 6.67 Å². The minimum Gasteiger partial charge on any atom is -0.446 e. The molecule has 3 rings (SSSR count). The number of furan rings is 1. The normalized spacial score (nSPS) is 14.4. The summed E-state index contributed by atoms with van der Waals surface area (Å²) in [5.74, 6) is 0.672. The van der Waals surface area contributed by atoms with Crippen LogP contribution in [0.5, 0.6) is 0 Å². The Hall–Kier alpha value is -1.75. The summed E-state index contributed by atoms with van der Waals surface area (Å²) in [4.78, 5) is 6.28. The SMILES string of the molecule is NC1=c2ccoc2=NCN1c1ccc(Br)cc1. The van der Waals surface area contributed by atoms with Crippen LogP contribution >= 0.6 is 15.9 Å². The first kappa shape index (κ1) is 10.4. The fourth-order valence-corrected chi connectivity index (χ4v) is 2.08. The van der Waals surface area contributed by atoms with Gasteiger partial charge in [-0.2, -0.15) is 0 Å². The molecule has 2 heterocycles. The number of benzene rings is 1. The smallest absolute Gasteiger partial charge is 0.226 e. The van der Waals surface area contributed by atoms with Crippen molar-refractivity contribution in [2.75, 3.05) is 11.6 Å². The molecule has 0 atom stereocenters. The van der Waals surface area contributed by atoms with Gasteiger partial charge in [-0.05, 0) is 30.3 Å². The lowest BCUT2D eigenvalue weighted by molar-refractivity contribution is 0.500. The van der Waals surface area contributed by atoms with Crippen molar-refractivity contribution in [3.05, 3.63) is 51.8 Å². The third kappa shape index (κ3) is 1.72. The average molecular weight is 292 g/mol. The van der Waals surface area contributed by atoms with Gasteiger partial charge in [0.1, 0.15) is 12.5 Å². The third-order valence-corrected chi connectivity index (χ3v) is 3.23. The number of halogens is 1. The van der Waals surface area contributed by atoms with E-state index >= 15 is 0 Å². The first-order chi connectivity index (χ1) is 8.25. The van der Waals surface area contributed by atoms with Crippen molar-refractivity contribution in [3.63, 3.8) is 0 Å². The van der Waals surface area contributed by atoms with E-state index in [1.165, 1.54) is 0 Å². The molecule has 0 spiro atoms. The standard InChI is InChI=1S/C12H10BrN3O/c13-8-1-3-9(4-2-8)16-7-15-12-10(11(16)14)5-6-17-12/h1-6H,7,14H2. The molecule has 5 heteroatoms. The maximum atomic E-state index is 6.12. The van der Waals surface area contributed by atoms with Gasteiger partial charge in [0.2, 0.25) is 5.55 Å². The summed E-state index contributed by atoms with van der Waals surface area (Å²) in [5.41, 5.74) is 7.74. The Morgan fingerprint density at radius 3 is 2.76 bits per heavy atom. The van der Waals surface area contributed by atoms with Crippen LogP contribution in [0.15, 0.2) is 50.5 Å². The first-order valence-electron chi connectivity index (χ1n) is 5.16. The number of nitrogens with two attached hydrogens (primary N) is 1. The van der Waals surface area contributed by atoms with Crippen LogP contribution in [0, 0.1) is 0 Å². The van der Waals surface area contributed by atoms with Crippen molar-refractivity contribution in [3.8, 4) is 0 Å². The molecule has 86 valence electrons. The largest absolute Gasteiger partial charge is 0.446 e. The molecule has 17 heavy (non-hydrogen) atoms. The highest BCUT2D eigenvalue weighted by Crippen LogP contribution is 2.20. The van der Waals surface area contributed by atoms with Gasteiger partial charge in [-0.15, -0.1) is 0 Å². The second kappa shape index (κ2) is 3.92. The maximum absolute atomic E-state index is 6.12. The fraction of sp³-hybridized carbons (Fsp3) is 0.0833. The van der Waals surface area contributed by atoms with Crippen LogP contribution in [0.2, 0.25) is 0 Å². The summed E-state index contributed by atoms with van der Waals surface area (Å²) in [5, 5.41) is 0.846. The zero-order valence-corrected chi connectivity index (χ0v) is 10.5. The van der Waals surface area contributed by atoms with E-state index in [-0.39, 0.29) is 0 Å². The number of anilines is 1. The van der Waals surface area contributed by atoms with E-state index in [0.717, 1.165) is 15.4 Å². The Kier molecular flexibility index (Phi) is 2.40. The average Bonchev–Trinajstić information content (AvgIpc) is 2.80. The summed E-state index contributed by atoms with van der Waals surface area (Å²) in [6, 6.07) is 9.79. The van der Waals surface area contributed by atoms with Crippen LogP contribution in [0.3, 0.4) is 0 Å². The van der Waals surface area contributed by atoms with E-state index < -0.39 is 0 Å². The minimum atomic E-state index is 0.480. The number of fused-ring (bicyclic) bond motifs is 1. The number of hydrogen-bond donors (Lipinski definition) is 1. The molecule has 0 amide bonds. The van der Waals surface area contributed by atoms with Gasteiger partial charge in [0.25, 0.3) is 0 Å². The van der Waals surface area contributed by atoms with Crippen LogP contribution in [0.25, 0.3) is 5.82 Å². The summed E-state index contributed by atoms with van der Waals surface area (Å²) in [6.07, 6.45) is 1.60. The second-order valence-corrected chi connectivity index (χ2v) is 4.64. The van der Waals surface area contributed by atoms with Crippen molar-refractivity contribution in [2.24, 2.45) is 10.7 Å². The lowest BCUT2D eigenvalue weighted by Crippen LogP contribution is -2.42. The van der Waals surface area contributed by atoms with E-state index in [4.69, 9.17) is 10.2 Å². The van der Waals surface area contributed by atoms with Gasteiger partial charge in [-0.1, -0.05) is 15.9 Å². The summed E-state index contributed by atoms with van der Waals surface area (Å²) in [7, 11) is 0. The van der Waals surface area contributed by atoms with Gasteiger partial charge >= 0.3 is 0 Å². The van der Waals surface area contributed by atoms with Gasteiger partial charge in [-0.25, -0.2) is 4.99 Å². The van der Waals surface area contributed by atoms with Crippen LogP contribution in [0.4, 0.5) is 5.69 Å². The van der Waals surface area contributed by atoms with Crippen molar-refractivity contribution in [2.45, 2.75) is 0 Å². The van der Waals surface area contributed by atoms with E-state index in [0.29, 0.717) is 18.0 Å². The highest BCUT2D eigenvalue weighted by atomic mass is 79.9. The predicted octanol–water partition coefficient (Wildman–Crippen LogP) is 1.16. The zero-order chi connectivity index (χ0) is 11.8. The van der Waals surface area contributed by atoms with Crippen LogP contribution < -0.4 is 21.4 Å². The van der Waals surface area contributed by atoms with Crippen molar-refractivity contribution >= 4 is 27.4 Å². The van der Waals surface area contributed by atoms with Gasteiger partial charge in [-0.3, -0.25) is 0 Å². The van der Waals surface area contributed by atoms with Crippen molar-refractivity contribution in [1.29, 1.82) is 0 Å². The molecule has 1 aliphatic heterocycles. The molecule has 1 aromatic heterocycles. The monoisotopic (exact) mass is 291 g/mol. The van der Waals surface area contributed by atoms with Crippen LogP contribution in [0.1, 0.15) is 0 Å². The van der Waals surface area contributed by atoms with Gasteiger partial charge in [0.05, 0.1) is 11.5 Å². The third-order valence-electron chi connectivity index (χ3n) is 2.71. The van der Waals surface area contributed by atoms with E-state index in [2.05, 4.69) is 20.9 Å². The molecule has 4 nitrogen and oxygen atoms in total. The quantitative estimate of drug-likeness (QED) is 0.858. The Bertz CT molecular complexity index is 660. The molecule has 2 aromatic rings. The molecule has 1 aliphatic rings. The molecule has 0 aliphatic carbocycles. The van der Waals surface area contributed by atoms with Crippen molar-refractivity contribution in [1.82, 2.24) is 0 Å². The zero-order valence-electron chi connectivity index (χ0n) is 8.93. The van der Waals surface area contributed by atoms with Gasteiger partial charge in [0.15, 0.2) is 0 Å². The Labute approximate surface area is 106 Å². The fourth-order valence-electron chi connectivity index (χ4n) is 1.82. The van der Waals surface area contributed by atoms with E-state index in [1.54, 1.807) is 6.26 Å². The molecular weight excluding hydrogens is 282 g/mol. The highest BCUT2D eigenvalue weighted by Gasteiger charge is 2.14. The molecule has 1 aromatic carbocycles. The lowest BCUT2D eigenvalue weighted by Gasteiger charge is -2.24. The number of rotatable bonds is 1. The van der Waals surface area contributed by atoms with Crippen LogP contribution in [-0.2, 0) is 0 Å². The molecule has 2 N–H and O–H groups in total. The molecule has 0 unspecified atom stereocenters. The molecular formula is C12H10BrN3O. The Morgan fingerprint density at radius 1 is 1.24 bits per heavy atom. The lowest BCUT2D eigenvalue weighted by atomic mass is 10.3. The van der Waals surface area contributed by atoms with Gasteiger partial charge < -0.3 is 15.1 Å². The topological polar surface area (TPSA) is 54.8 Å². The number of hydrogen-bond acceptors (Lipinski definition) is 4. The maximum Gasteiger partial charge on any atom is 0.226 e. The summed E-state index contributed by atoms with van der Waals surface area (Å²) < 4.78 is 6.27. The summed E-state index contributed by atoms with van der Waals surface area (Å²) >= 11 is 3.41. The second-order valence-electron chi connectivity index (χ2n) is 3.73. The number of nitrogens with zero attached hydrogens (tertiary/aromatic N) is 2. The predicted molar refractivity (Wildman–Crippen MR) is 68.6 cm³/mol. The van der Waals surface area contributed by atoms with Crippen molar-refractivity contribution < 1.29 is 4.42 Å². The highest BCUT2D eigenvalue weighted by molar-refractivity contribution is 9.10. The molecule has 0 saturated carbocycles. The molecule has 0 saturated heterocycles. The molecule has 0 fully saturated rings. The molecule has 0 radical (unpaired) electrons. The molecule has 0 bridgehead atoms. The Morgan fingerprint density at radius 2 is 2.00 bits per heavy atom. The Balaban J connectivity index is 2.11. The minimum absolute atomic E-state index is 0.480.